The van der Waals surface area contributed by atoms with Crippen molar-refractivity contribution in [1.82, 2.24) is 20.0 Å². The van der Waals surface area contributed by atoms with Gasteiger partial charge in [0.2, 0.25) is 0 Å². The summed E-state index contributed by atoms with van der Waals surface area (Å²) < 4.78 is 6.94. The summed E-state index contributed by atoms with van der Waals surface area (Å²) in [5.74, 6) is 0.509. The topological polar surface area (TPSA) is 76.5 Å². The van der Waals surface area contributed by atoms with Crippen molar-refractivity contribution >= 4 is 12.2 Å². The molecule has 40 heavy (non-hydrogen) atoms. The zero-order valence-corrected chi connectivity index (χ0v) is 24.5. The lowest BCUT2D eigenvalue weighted by Gasteiger charge is -2.41. The first-order valence-corrected chi connectivity index (χ1v) is 14.7. The Balaban J connectivity index is 0.000000312. The van der Waals surface area contributed by atoms with Gasteiger partial charge in [-0.15, -0.1) is 0 Å². The number of aryl methyl sites for hydroxylation is 1. The molecule has 1 aromatic heterocycles. The van der Waals surface area contributed by atoms with E-state index in [2.05, 4.69) is 36.5 Å². The van der Waals surface area contributed by atoms with Crippen LogP contribution in [-0.2, 0) is 24.3 Å². The second kappa shape index (κ2) is 13.8. The predicted molar refractivity (Wildman–Crippen MR) is 160 cm³/mol. The van der Waals surface area contributed by atoms with E-state index in [-0.39, 0.29) is 5.91 Å². The number of fused-ring (bicyclic) bond motifs is 1. The molecular weight excluding hydrogens is 500 g/mol. The Kier molecular flexibility index (Phi) is 10.2. The summed E-state index contributed by atoms with van der Waals surface area (Å²) in [5.41, 5.74) is 3.34. The number of nitrogens with zero attached hydrogens (tertiary/aromatic N) is 3. The number of hydrogen-bond donors (Lipinski definition) is 1. The molecule has 2 heterocycles. The summed E-state index contributed by atoms with van der Waals surface area (Å²) in [6.45, 7) is 4.52. The summed E-state index contributed by atoms with van der Waals surface area (Å²) in [4.78, 5) is 27.0. The molecule has 2 aromatic carbocycles. The third-order valence-corrected chi connectivity index (χ3v) is 8.23. The van der Waals surface area contributed by atoms with Gasteiger partial charge >= 0.3 is 0 Å². The highest BCUT2D eigenvalue weighted by molar-refractivity contribution is 5.97. The van der Waals surface area contributed by atoms with Crippen molar-refractivity contribution in [3.05, 3.63) is 71.4 Å². The van der Waals surface area contributed by atoms with Crippen LogP contribution in [0.4, 0.5) is 0 Å². The standard InChI is InChI=1S/C24H25N3O3.C9H19N/c1-4-17-8-10-19(11-9-17)21-13-22-23(29)26(24(2,16-28)15-27(22)25-21)14-18-6-5-7-20(12-18)30-3;1-10-9-7-5-3-2-4-6-8-9/h5-13,16H,4,14-15H2,1-3H3;9-10H,2-8H2,1H3. The molecule has 1 saturated carbocycles. The third-order valence-electron chi connectivity index (χ3n) is 8.23. The lowest BCUT2D eigenvalue weighted by atomic mass is 9.97. The SMILES string of the molecule is CCc1ccc(-c2cc3n(n2)CC(C)(C=O)N(Cc2cccc(OC)c2)C3=O)cc1.CNC1CCCCCCC1. The first-order chi connectivity index (χ1) is 19.4. The molecule has 1 aliphatic heterocycles. The molecule has 0 radical (unpaired) electrons. The number of nitrogens with one attached hydrogen (secondary N) is 1. The van der Waals surface area contributed by atoms with E-state index in [0.29, 0.717) is 24.5 Å². The number of carbonyl (C=O) groups excluding carboxylic acids is 2. The van der Waals surface area contributed by atoms with Crippen molar-refractivity contribution in [3.63, 3.8) is 0 Å². The van der Waals surface area contributed by atoms with Gasteiger partial charge in [-0.25, -0.2) is 0 Å². The second-order valence-electron chi connectivity index (χ2n) is 11.2. The number of methoxy groups -OCH3 is 1. The molecule has 0 bridgehead atoms. The first kappa shape index (κ1) is 29.5. The summed E-state index contributed by atoms with van der Waals surface area (Å²) in [6.07, 6.45) is 11.9. The molecule has 7 heteroatoms. The molecule has 5 rings (SSSR count). The number of aromatic nitrogens is 2. The van der Waals surface area contributed by atoms with Crippen molar-refractivity contribution < 1.29 is 14.3 Å². The quantitative estimate of drug-likeness (QED) is 0.366. The van der Waals surface area contributed by atoms with Crippen LogP contribution in [0.25, 0.3) is 11.3 Å². The highest BCUT2D eigenvalue weighted by Gasteiger charge is 2.42. The van der Waals surface area contributed by atoms with E-state index in [1.54, 1.807) is 23.6 Å². The molecule has 2 aliphatic rings. The molecule has 1 amide bonds. The Labute approximate surface area is 238 Å². The van der Waals surface area contributed by atoms with E-state index in [4.69, 9.17) is 4.74 Å². The van der Waals surface area contributed by atoms with Crippen LogP contribution >= 0.6 is 0 Å². The van der Waals surface area contributed by atoms with Gasteiger partial charge in [-0.1, -0.05) is 75.4 Å². The minimum Gasteiger partial charge on any atom is -0.497 e. The van der Waals surface area contributed by atoms with Gasteiger partial charge < -0.3 is 19.7 Å². The van der Waals surface area contributed by atoms with Crippen LogP contribution in [0.3, 0.4) is 0 Å². The maximum Gasteiger partial charge on any atom is 0.273 e. The molecule has 7 nitrogen and oxygen atoms in total. The minimum absolute atomic E-state index is 0.206. The number of ether oxygens (including phenoxy) is 1. The number of carbonyl (C=O) groups is 2. The molecule has 1 aliphatic carbocycles. The molecule has 0 saturated heterocycles. The average Bonchev–Trinajstić information content (AvgIpc) is 3.39. The average molecular weight is 545 g/mol. The van der Waals surface area contributed by atoms with Gasteiger partial charge in [0.25, 0.3) is 5.91 Å². The Morgan fingerprint density at radius 1 is 1.02 bits per heavy atom. The maximum atomic E-state index is 13.4. The molecular formula is C33H44N4O3. The van der Waals surface area contributed by atoms with E-state index in [0.717, 1.165) is 35.6 Å². The van der Waals surface area contributed by atoms with Gasteiger partial charge in [0.1, 0.15) is 23.3 Å². The maximum absolute atomic E-state index is 13.4. The Bertz CT molecular complexity index is 1260. The van der Waals surface area contributed by atoms with Crippen molar-refractivity contribution in [1.29, 1.82) is 0 Å². The minimum atomic E-state index is -0.984. The normalized spacial score (nSPS) is 19.6. The lowest BCUT2D eigenvalue weighted by molar-refractivity contribution is -0.118. The van der Waals surface area contributed by atoms with Gasteiger partial charge in [0, 0.05) is 18.2 Å². The van der Waals surface area contributed by atoms with Crippen LogP contribution in [0.15, 0.2) is 54.6 Å². The van der Waals surface area contributed by atoms with E-state index in [1.807, 2.05) is 42.5 Å². The molecule has 214 valence electrons. The van der Waals surface area contributed by atoms with E-state index in [9.17, 15) is 9.59 Å². The summed E-state index contributed by atoms with van der Waals surface area (Å²) >= 11 is 0. The molecule has 1 N–H and O–H groups in total. The Morgan fingerprint density at radius 2 is 1.73 bits per heavy atom. The number of rotatable bonds is 7. The first-order valence-electron chi connectivity index (χ1n) is 14.7. The van der Waals surface area contributed by atoms with E-state index >= 15 is 0 Å². The molecule has 1 fully saturated rings. The highest BCUT2D eigenvalue weighted by atomic mass is 16.5. The lowest BCUT2D eigenvalue weighted by Crippen LogP contribution is -2.57. The monoisotopic (exact) mass is 544 g/mol. The molecule has 0 spiro atoms. The van der Waals surface area contributed by atoms with Gasteiger partial charge in [0.05, 0.1) is 19.3 Å². The van der Waals surface area contributed by atoms with Gasteiger partial charge in [-0.05, 0) is 62.6 Å². The van der Waals surface area contributed by atoms with Crippen LogP contribution in [0, 0.1) is 0 Å². The van der Waals surface area contributed by atoms with Crippen LogP contribution < -0.4 is 10.1 Å². The van der Waals surface area contributed by atoms with Gasteiger partial charge in [-0.3, -0.25) is 9.48 Å². The molecule has 1 atom stereocenters. The number of benzene rings is 2. The molecule has 1 unspecified atom stereocenters. The van der Waals surface area contributed by atoms with Crippen molar-refractivity contribution in [2.75, 3.05) is 14.2 Å². The van der Waals surface area contributed by atoms with Crippen molar-refractivity contribution in [3.8, 4) is 17.0 Å². The van der Waals surface area contributed by atoms with Gasteiger partial charge in [0.15, 0.2) is 0 Å². The largest absolute Gasteiger partial charge is 0.497 e. The Morgan fingerprint density at radius 3 is 2.35 bits per heavy atom. The fourth-order valence-electron chi connectivity index (χ4n) is 5.57. The van der Waals surface area contributed by atoms with Crippen molar-refractivity contribution in [2.45, 2.75) is 89.9 Å². The van der Waals surface area contributed by atoms with Crippen LogP contribution in [-0.4, -0.2) is 52.6 Å². The fraction of sp³-hybridized carbons (Fsp3) is 0.485. The fourth-order valence-corrected chi connectivity index (χ4v) is 5.57. The van der Waals surface area contributed by atoms with Crippen LogP contribution in [0.1, 0.15) is 80.4 Å². The summed E-state index contributed by atoms with van der Waals surface area (Å²) in [6, 6.07) is 18.3. The van der Waals surface area contributed by atoms with Crippen LogP contribution in [0.5, 0.6) is 5.75 Å². The van der Waals surface area contributed by atoms with Crippen LogP contribution in [0.2, 0.25) is 0 Å². The zero-order valence-electron chi connectivity index (χ0n) is 24.5. The number of aldehydes is 1. The summed E-state index contributed by atoms with van der Waals surface area (Å²) in [5, 5.41) is 8.00. The summed E-state index contributed by atoms with van der Waals surface area (Å²) in [7, 11) is 3.69. The van der Waals surface area contributed by atoms with E-state index in [1.165, 1.54) is 50.5 Å². The van der Waals surface area contributed by atoms with Gasteiger partial charge in [-0.2, -0.15) is 5.10 Å². The third kappa shape index (κ3) is 7.00. The predicted octanol–water partition coefficient (Wildman–Crippen LogP) is 6.05. The number of hydrogen-bond acceptors (Lipinski definition) is 5. The van der Waals surface area contributed by atoms with E-state index < -0.39 is 5.54 Å². The van der Waals surface area contributed by atoms with Crippen molar-refractivity contribution in [2.24, 2.45) is 0 Å². The highest BCUT2D eigenvalue weighted by Crippen LogP contribution is 2.30. The Hall–Kier alpha value is -3.45. The zero-order chi connectivity index (χ0) is 28.5. The second-order valence-corrected chi connectivity index (χ2v) is 11.2. The number of amides is 1. The molecule has 3 aromatic rings. The smallest absolute Gasteiger partial charge is 0.273 e.